The number of anilines is 2. The Morgan fingerprint density at radius 2 is 1.63 bits per heavy atom. The molecule has 3 rings (SSSR count). The van der Waals surface area contributed by atoms with E-state index in [0.29, 0.717) is 16.9 Å². The number of nitrogens with one attached hydrogen (secondary N) is 1. The summed E-state index contributed by atoms with van der Waals surface area (Å²) in [5.41, 5.74) is 4.12. The van der Waals surface area contributed by atoms with Crippen molar-refractivity contribution in [3.8, 4) is 0 Å². The number of sulfonamides is 1. The molecular weight excluding hydrogens is 404 g/mol. The SMILES string of the molecule is Cc1ccc(N([C@H](C)C(=O)Nc2ccc3c(c2)n(C)c(=O)n3C)S(C)(=O)=O)cc1C. The lowest BCUT2D eigenvalue weighted by Crippen LogP contribution is -2.45. The van der Waals surface area contributed by atoms with Crippen molar-refractivity contribution in [3.63, 3.8) is 0 Å². The molecule has 160 valence electrons. The summed E-state index contributed by atoms with van der Waals surface area (Å²) in [6.45, 7) is 5.37. The topological polar surface area (TPSA) is 93.4 Å². The van der Waals surface area contributed by atoms with Gasteiger partial charge in [-0.2, -0.15) is 0 Å². The fourth-order valence-electron chi connectivity index (χ4n) is 3.50. The fourth-order valence-corrected chi connectivity index (χ4v) is 4.67. The lowest BCUT2D eigenvalue weighted by atomic mass is 10.1. The molecule has 0 fully saturated rings. The van der Waals surface area contributed by atoms with Crippen molar-refractivity contribution < 1.29 is 13.2 Å². The number of aromatic nitrogens is 2. The summed E-state index contributed by atoms with van der Waals surface area (Å²) in [5, 5.41) is 2.77. The van der Waals surface area contributed by atoms with Crippen LogP contribution in [-0.4, -0.2) is 35.8 Å². The van der Waals surface area contributed by atoms with Crippen LogP contribution < -0.4 is 15.3 Å². The Kier molecular flexibility index (Phi) is 5.51. The summed E-state index contributed by atoms with van der Waals surface area (Å²) >= 11 is 0. The maximum Gasteiger partial charge on any atom is 0.328 e. The Balaban J connectivity index is 1.94. The largest absolute Gasteiger partial charge is 0.328 e. The second kappa shape index (κ2) is 7.64. The highest BCUT2D eigenvalue weighted by Crippen LogP contribution is 2.25. The standard InChI is InChI=1S/C21H26N4O4S/c1-13-7-9-17(11-14(13)2)25(30(6,28)29)15(3)20(26)22-16-8-10-18-19(12-16)24(5)21(27)23(18)4/h7-12,15H,1-6H3,(H,22,26)/t15-/m1/s1. The average molecular weight is 431 g/mol. The third kappa shape index (κ3) is 3.85. The van der Waals surface area contributed by atoms with Gasteiger partial charge < -0.3 is 5.32 Å². The second-order valence-corrected chi connectivity index (χ2v) is 9.46. The van der Waals surface area contributed by atoms with Gasteiger partial charge in [-0.15, -0.1) is 0 Å². The molecule has 0 unspecified atom stereocenters. The molecule has 0 saturated carbocycles. The molecule has 0 aliphatic heterocycles. The van der Waals surface area contributed by atoms with Crippen LogP contribution >= 0.6 is 0 Å². The highest BCUT2D eigenvalue weighted by atomic mass is 32.2. The van der Waals surface area contributed by atoms with E-state index in [1.165, 1.54) is 9.13 Å². The first kappa shape index (κ1) is 21.6. The van der Waals surface area contributed by atoms with E-state index in [0.717, 1.165) is 27.2 Å². The lowest BCUT2D eigenvalue weighted by Gasteiger charge is -2.28. The maximum absolute atomic E-state index is 12.9. The van der Waals surface area contributed by atoms with E-state index in [1.54, 1.807) is 51.4 Å². The number of imidazole rings is 1. The van der Waals surface area contributed by atoms with Crippen molar-refractivity contribution >= 4 is 38.3 Å². The molecular formula is C21H26N4O4S. The molecule has 8 nitrogen and oxygen atoms in total. The van der Waals surface area contributed by atoms with Crippen LogP contribution in [0.4, 0.5) is 11.4 Å². The second-order valence-electron chi connectivity index (χ2n) is 7.60. The minimum atomic E-state index is -3.70. The maximum atomic E-state index is 12.9. The summed E-state index contributed by atoms with van der Waals surface area (Å²) < 4.78 is 29.1. The number of benzene rings is 2. The predicted molar refractivity (Wildman–Crippen MR) is 119 cm³/mol. The number of fused-ring (bicyclic) bond motifs is 1. The number of aryl methyl sites for hydroxylation is 4. The van der Waals surface area contributed by atoms with Gasteiger partial charge in [0.1, 0.15) is 6.04 Å². The van der Waals surface area contributed by atoms with Gasteiger partial charge in [-0.1, -0.05) is 6.07 Å². The highest BCUT2D eigenvalue weighted by molar-refractivity contribution is 7.92. The van der Waals surface area contributed by atoms with Crippen molar-refractivity contribution in [3.05, 3.63) is 58.0 Å². The Hall–Kier alpha value is -3.07. The van der Waals surface area contributed by atoms with Crippen LogP contribution in [0.1, 0.15) is 18.1 Å². The van der Waals surface area contributed by atoms with Crippen molar-refractivity contribution in [2.45, 2.75) is 26.8 Å². The van der Waals surface area contributed by atoms with E-state index in [2.05, 4.69) is 5.32 Å². The summed E-state index contributed by atoms with van der Waals surface area (Å²) in [5.74, 6) is -0.473. The fraction of sp³-hybridized carbons (Fsp3) is 0.333. The van der Waals surface area contributed by atoms with Crippen molar-refractivity contribution in [2.24, 2.45) is 14.1 Å². The predicted octanol–water partition coefficient (Wildman–Crippen LogP) is 2.29. The Labute approximate surface area is 175 Å². The van der Waals surface area contributed by atoms with Gasteiger partial charge in [0.25, 0.3) is 0 Å². The third-order valence-electron chi connectivity index (χ3n) is 5.37. The average Bonchev–Trinajstić information content (AvgIpc) is 2.87. The van der Waals surface area contributed by atoms with Gasteiger partial charge in [-0.3, -0.25) is 18.2 Å². The van der Waals surface area contributed by atoms with Crippen molar-refractivity contribution in [1.82, 2.24) is 9.13 Å². The molecule has 0 radical (unpaired) electrons. The first-order valence-electron chi connectivity index (χ1n) is 9.45. The van der Waals surface area contributed by atoms with Gasteiger partial charge in [0.15, 0.2) is 0 Å². The Morgan fingerprint density at radius 1 is 1.00 bits per heavy atom. The van der Waals surface area contributed by atoms with E-state index < -0.39 is 22.0 Å². The molecule has 2 aromatic carbocycles. The van der Waals surface area contributed by atoms with E-state index >= 15 is 0 Å². The number of carbonyl (C=O) groups excluding carboxylic acids is 1. The van der Waals surface area contributed by atoms with Crippen LogP contribution in [0.5, 0.6) is 0 Å². The molecule has 1 heterocycles. The van der Waals surface area contributed by atoms with Gasteiger partial charge in [0, 0.05) is 19.8 Å². The number of rotatable bonds is 5. The number of amides is 1. The smallest absolute Gasteiger partial charge is 0.324 e. The summed E-state index contributed by atoms with van der Waals surface area (Å²) in [6.07, 6.45) is 1.08. The first-order chi connectivity index (χ1) is 13.9. The molecule has 0 spiro atoms. The molecule has 30 heavy (non-hydrogen) atoms. The summed E-state index contributed by atoms with van der Waals surface area (Å²) in [6, 6.07) is 9.43. The quantitative estimate of drug-likeness (QED) is 0.672. The molecule has 1 atom stereocenters. The normalized spacial score (nSPS) is 12.7. The first-order valence-corrected chi connectivity index (χ1v) is 11.3. The molecule has 3 aromatic rings. The Morgan fingerprint density at radius 3 is 2.23 bits per heavy atom. The van der Waals surface area contributed by atoms with E-state index in [4.69, 9.17) is 0 Å². The molecule has 0 bridgehead atoms. The van der Waals surface area contributed by atoms with Crippen molar-refractivity contribution in [1.29, 1.82) is 0 Å². The zero-order valence-electron chi connectivity index (χ0n) is 17.9. The van der Waals surface area contributed by atoms with E-state index in [9.17, 15) is 18.0 Å². The van der Waals surface area contributed by atoms with Crippen LogP contribution in [0.25, 0.3) is 11.0 Å². The molecule has 0 aliphatic carbocycles. The van der Waals surface area contributed by atoms with Crippen LogP contribution in [0.2, 0.25) is 0 Å². The summed E-state index contributed by atoms with van der Waals surface area (Å²) in [4.78, 5) is 25.0. The molecule has 0 aliphatic rings. The van der Waals surface area contributed by atoms with Crippen LogP contribution in [-0.2, 0) is 28.9 Å². The zero-order valence-corrected chi connectivity index (χ0v) is 18.7. The number of hydrogen-bond acceptors (Lipinski definition) is 4. The molecule has 9 heteroatoms. The van der Waals surface area contributed by atoms with Crippen LogP contribution in [0.3, 0.4) is 0 Å². The molecule has 1 amide bonds. The number of nitrogens with zero attached hydrogens (tertiary/aromatic N) is 3. The van der Waals surface area contributed by atoms with Crippen LogP contribution in [0, 0.1) is 13.8 Å². The van der Waals surface area contributed by atoms with Crippen LogP contribution in [0.15, 0.2) is 41.2 Å². The van der Waals surface area contributed by atoms with E-state index in [-0.39, 0.29) is 5.69 Å². The molecule has 1 aromatic heterocycles. The lowest BCUT2D eigenvalue weighted by molar-refractivity contribution is -0.116. The van der Waals surface area contributed by atoms with Gasteiger partial charge in [0.05, 0.1) is 23.0 Å². The van der Waals surface area contributed by atoms with Gasteiger partial charge >= 0.3 is 5.69 Å². The molecule has 0 saturated heterocycles. The number of hydrogen-bond donors (Lipinski definition) is 1. The minimum Gasteiger partial charge on any atom is -0.324 e. The highest BCUT2D eigenvalue weighted by Gasteiger charge is 2.29. The van der Waals surface area contributed by atoms with Crippen molar-refractivity contribution in [2.75, 3.05) is 15.9 Å². The van der Waals surface area contributed by atoms with Gasteiger partial charge in [0.2, 0.25) is 15.9 Å². The third-order valence-corrected chi connectivity index (χ3v) is 6.61. The summed E-state index contributed by atoms with van der Waals surface area (Å²) in [7, 11) is -0.368. The monoisotopic (exact) mass is 430 g/mol. The minimum absolute atomic E-state index is 0.167. The van der Waals surface area contributed by atoms with E-state index in [1.807, 2.05) is 19.9 Å². The van der Waals surface area contributed by atoms with Gasteiger partial charge in [-0.25, -0.2) is 13.2 Å². The Bertz CT molecular complexity index is 1300. The molecule has 1 N–H and O–H groups in total. The zero-order chi connectivity index (χ0) is 22.4. The van der Waals surface area contributed by atoms with Gasteiger partial charge in [-0.05, 0) is 62.2 Å². The number of carbonyl (C=O) groups is 1.